The van der Waals surface area contributed by atoms with Gasteiger partial charge in [0.2, 0.25) is 5.91 Å². The van der Waals surface area contributed by atoms with E-state index in [4.69, 9.17) is 16.3 Å². The summed E-state index contributed by atoms with van der Waals surface area (Å²) in [6.07, 6.45) is 3.59. The van der Waals surface area contributed by atoms with E-state index < -0.39 is 5.25 Å². The van der Waals surface area contributed by atoms with Gasteiger partial charge in [0.1, 0.15) is 6.61 Å². The predicted octanol–water partition coefficient (Wildman–Crippen LogP) is 3.26. The molecule has 4 nitrogen and oxygen atoms in total. The molecule has 1 aliphatic rings. The summed E-state index contributed by atoms with van der Waals surface area (Å²) >= 11 is 7.23. The summed E-state index contributed by atoms with van der Waals surface area (Å²) < 4.78 is 5.00. The van der Waals surface area contributed by atoms with Crippen LogP contribution in [-0.2, 0) is 14.3 Å². The van der Waals surface area contributed by atoms with Gasteiger partial charge in [-0.05, 0) is 25.1 Å². The third-order valence-corrected chi connectivity index (χ3v) is 4.20. The van der Waals surface area contributed by atoms with Gasteiger partial charge in [0, 0.05) is 9.92 Å². The van der Waals surface area contributed by atoms with Crippen molar-refractivity contribution < 1.29 is 14.3 Å². The van der Waals surface area contributed by atoms with Crippen molar-refractivity contribution in [3.8, 4) is 0 Å². The molecule has 0 aromatic heterocycles. The number of ether oxygens (including phenoxy) is 1. The molecule has 1 unspecified atom stereocenters. The van der Waals surface area contributed by atoms with Gasteiger partial charge < -0.3 is 10.1 Å². The Hall–Kier alpha value is -1.46. The number of esters is 1. The van der Waals surface area contributed by atoms with Gasteiger partial charge in [-0.2, -0.15) is 0 Å². The Labute approximate surface area is 126 Å². The minimum absolute atomic E-state index is 0.0517. The first-order valence-corrected chi connectivity index (χ1v) is 7.39. The summed E-state index contributed by atoms with van der Waals surface area (Å²) in [5.41, 5.74) is 0.686. The summed E-state index contributed by atoms with van der Waals surface area (Å²) in [4.78, 5) is 24.5. The normalized spacial score (nSPS) is 17.7. The number of rotatable bonds is 4. The van der Waals surface area contributed by atoms with Gasteiger partial charge in [-0.25, -0.2) is 0 Å². The van der Waals surface area contributed by atoms with Crippen LogP contribution in [0.25, 0.3) is 0 Å². The van der Waals surface area contributed by atoms with Crippen LogP contribution < -0.4 is 5.32 Å². The van der Waals surface area contributed by atoms with Crippen molar-refractivity contribution in [2.45, 2.75) is 23.5 Å². The maximum absolute atomic E-state index is 11.9. The molecule has 1 heterocycles. The first-order valence-electron chi connectivity index (χ1n) is 6.14. The van der Waals surface area contributed by atoms with Crippen molar-refractivity contribution in [1.29, 1.82) is 0 Å². The van der Waals surface area contributed by atoms with Crippen LogP contribution in [0, 0.1) is 0 Å². The van der Waals surface area contributed by atoms with Gasteiger partial charge in [-0.3, -0.25) is 9.59 Å². The molecule has 0 fully saturated rings. The smallest absolute Gasteiger partial charge is 0.307 e. The number of thioether (sulfide) groups is 1. The number of halogens is 1. The molecule has 20 heavy (non-hydrogen) atoms. The minimum Gasteiger partial charge on any atom is -0.461 e. The van der Waals surface area contributed by atoms with Gasteiger partial charge in [0.15, 0.2) is 0 Å². The van der Waals surface area contributed by atoms with Crippen LogP contribution in [0.5, 0.6) is 0 Å². The van der Waals surface area contributed by atoms with Gasteiger partial charge in [0.25, 0.3) is 0 Å². The summed E-state index contributed by atoms with van der Waals surface area (Å²) in [6, 6.07) is 5.29. The fourth-order valence-electron chi connectivity index (χ4n) is 1.70. The Bertz CT molecular complexity index is 559. The largest absolute Gasteiger partial charge is 0.461 e. The molecule has 0 aliphatic carbocycles. The van der Waals surface area contributed by atoms with Crippen LogP contribution in [0.15, 0.2) is 35.2 Å². The molecule has 1 amide bonds. The van der Waals surface area contributed by atoms with Gasteiger partial charge in [-0.15, -0.1) is 11.8 Å². The highest BCUT2D eigenvalue weighted by molar-refractivity contribution is 8.01. The third-order valence-electron chi connectivity index (χ3n) is 2.69. The number of benzene rings is 1. The Morgan fingerprint density at radius 3 is 3.10 bits per heavy atom. The van der Waals surface area contributed by atoms with Crippen molar-refractivity contribution in [3.05, 3.63) is 35.4 Å². The molecule has 2 rings (SSSR count). The van der Waals surface area contributed by atoms with E-state index in [1.807, 2.05) is 13.0 Å². The molecule has 1 N–H and O–H groups in total. The molecule has 106 valence electrons. The number of anilines is 1. The maximum atomic E-state index is 11.9. The second kappa shape index (κ2) is 6.81. The molecule has 1 aliphatic heterocycles. The number of amides is 1. The van der Waals surface area contributed by atoms with E-state index in [-0.39, 0.29) is 24.9 Å². The number of nitrogens with one attached hydrogen (secondary N) is 1. The molecule has 0 saturated heterocycles. The number of hydrogen-bond donors (Lipinski definition) is 1. The van der Waals surface area contributed by atoms with Crippen molar-refractivity contribution in [2.24, 2.45) is 0 Å². The van der Waals surface area contributed by atoms with Crippen molar-refractivity contribution in [1.82, 2.24) is 0 Å². The number of allylic oxidation sites excluding steroid dienone is 1. The lowest BCUT2D eigenvalue weighted by atomic mass is 10.2. The lowest BCUT2D eigenvalue weighted by molar-refractivity contribution is -0.143. The summed E-state index contributed by atoms with van der Waals surface area (Å²) in [6.45, 7) is 2.08. The number of carbonyl (C=O) groups is 2. The highest BCUT2D eigenvalue weighted by Gasteiger charge is 2.29. The van der Waals surface area contributed by atoms with E-state index in [0.717, 1.165) is 4.90 Å². The lowest BCUT2D eigenvalue weighted by Gasteiger charge is -2.23. The number of hydrogen-bond acceptors (Lipinski definition) is 4. The maximum Gasteiger partial charge on any atom is 0.307 e. The van der Waals surface area contributed by atoms with E-state index in [9.17, 15) is 9.59 Å². The van der Waals surface area contributed by atoms with Gasteiger partial charge in [0.05, 0.1) is 17.4 Å². The molecule has 1 aromatic carbocycles. The van der Waals surface area contributed by atoms with Crippen molar-refractivity contribution in [2.75, 3.05) is 11.9 Å². The van der Waals surface area contributed by atoms with E-state index in [1.165, 1.54) is 11.8 Å². The van der Waals surface area contributed by atoms with Crippen LogP contribution in [0.2, 0.25) is 5.02 Å². The molecule has 0 spiro atoms. The average molecular weight is 312 g/mol. The molecule has 1 aromatic rings. The van der Waals surface area contributed by atoms with E-state index in [1.54, 1.807) is 24.3 Å². The summed E-state index contributed by atoms with van der Waals surface area (Å²) in [7, 11) is 0. The fraction of sp³-hybridized carbons (Fsp3) is 0.286. The molecular formula is C14H14ClNO3S. The number of fused-ring (bicyclic) bond motifs is 1. The molecule has 0 saturated carbocycles. The summed E-state index contributed by atoms with van der Waals surface area (Å²) in [5.74, 6) is -0.582. The average Bonchev–Trinajstić information content (AvgIpc) is 2.40. The van der Waals surface area contributed by atoms with Gasteiger partial charge >= 0.3 is 5.97 Å². The van der Waals surface area contributed by atoms with Crippen LogP contribution >= 0.6 is 23.4 Å². The third kappa shape index (κ3) is 3.77. The topological polar surface area (TPSA) is 55.4 Å². The fourth-order valence-corrected chi connectivity index (χ4v) is 2.95. The Morgan fingerprint density at radius 1 is 1.55 bits per heavy atom. The van der Waals surface area contributed by atoms with Gasteiger partial charge in [-0.1, -0.05) is 23.8 Å². The van der Waals surface area contributed by atoms with Crippen LogP contribution in [0.1, 0.15) is 13.3 Å². The Kier molecular flexibility index (Phi) is 5.09. The van der Waals surface area contributed by atoms with Crippen LogP contribution in [0.4, 0.5) is 5.69 Å². The van der Waals surface area contributed by atoms with Crippen LogP contribution in [0.3, 0.4) is 0 Å². The molecule has 0 radical (unpaired) electrons. The second-order valence-corrected chi connectivity index (χ2v) is 5.87. The zero-order chi connectivity index (χ0) is 14.5. The molecule has 0 bridgehead atoms. The summed E-state index contributed by atoms with van der Waals surface area (Å²) in [5, 5.41) is 2.85. The Morgan fingerprint density at radius 2 is 2.35 bits per heavy atom. The predicted molar refractivity (Wildman–Crippen MR) is 80.1 cm³/mol. The minimum atomic E-state index is -0.471. The molecule has 6 heteroatoms. The highest BCUT2D eigenvalue weighted by atomic mass is 35.5. The second-order valence-electron chi connectivity index (χ2n) is 4.19. The zero-order valence-corrected chi connectivity index (χ0v) is 12.5. The lowest BCUT2D eigenvalue weighted by Crippen LogP contribution is -2.31. The van der Waals surface area contributed by atoms with Crippen LogP contribution in [-0.4, -0.2) is 23.7 Å². The van der Waals surface area contributed by atoms with E-state index >= 15 is 0 Å². The monoisotopic (exact) mass is 311 g/mol. The zero-order valence-electron chi connectivity index (χ0n) is 10.9. The molecule has 1 atom stereocenters. The van der Waals surface area contributed by atoms with E-state index in [0.29, 0.717) is 10.7 Å². The standard InChI is InChI=1S/C14H14ClNO3S/c1-2-3-6-19-13(17)8-12-14(18)16-10-7-9(15)4-5-11(10)20-12/h2-5,7,12H,6,8H2,1H3,(H,16,18)/b3-2+. The number of carbonyl (C=O) groups excluding carboxylic acids is 2. The quantitative estimate of drug-likeness (QED) is 0.685. The van der Waals surface area contributed by atoms with Crippen molar-refractivity contribution >= 4 is 40.9 Å². The Balaban J connectivity index is 1.99. The molecular weight excluding hydrogens is 298 g/mol. The highest BCUT2D eigenvalue weighted by Crippen LogP contribution is 2.38. The first kappa shape index (κ1) is 14.9. The van der Waals surface area contributed by atoms with Crippen molar-refractivity contribution in [3.63, 3.8) is 0 Å². The van der Waals surface area contributed by atoms with E-state index in [2.05, 4.69) is 5.32 Å². The first-order chi connectivity index (χ1) is 9.60. The SMILES string of the molecule is C/C=C/COC(=O)CC1Sc2ccc(Cl)cc2NC1=O.